The highest BCUT2D eigenvalue weighted by molar-refractivity contribution is 6.04. The lowest BCUT2D eigenvalue weighted by molar-refractivity contribution is -0.124. The average molecular weight is 240 g/mol. The maximum absolute atomic E-state index is 12.8. The highest BCUT2D eigenvalue weighted by Crippen LogP contribution is 2.46. The van der Waals surface area contributed by atoms with Gasteiger partial charge in [-0.15, -0.1) is 0 Å². The summed E-state index contributed by atoms with van der Waals surface area (Å²) in [6, 6.07) is 10.4. The van der Waals surface area contributed by atoms with Gasteiger partial charge in [0.15, 0.2) is 5.78 Å². The number of carbonyl (C=O) groups is 1. The van der Waals surface area contributed by atoms with Crippen LogP contribution in [0.15, 0.2) is 42.0 Å². The molecule has 0 radical (unpaired) electrons. The normalized spacial score (nSPS) is 21.9. The fraction of sp³-hybridized carbons (Fsp3) is 0.471. The zero-order valence-corrected chi connectivity index (χ0v) is 10.8. The SMILES string of the molecule is O=C(C1=CCCCC1)C1(c2ccccc2)CCC1. The van der Waals surface area contributed by atoms with Gasteiger partial charge in [-0.3, -0.25) is 4.79 Å². The number of allylic oxidation sites excluding steroid dienone is 2. The van der Waals surface area contributed by atoms with Crippen LogP contribution in [0.3, 0.4) is 0 Å². The van der Waals surface area contributed by atoms with Gasteiger partial charge in [-0.05, 0) is 49.7 Å². The predicted molar refractivity (Wildman–Crippen MR) is 73.5 cm³/mol. The Balaban J connectivity index is 1.92. The minimum atomic E-state index is -0.176. The highest BCUT2D eigenvalue weighted by atomic mass is 16.1. The molecule has 0 heterocycles. The first-order valence-corrected chi connectivity index (χ1v) is 7.12. The van der Waals surface area contributed by atoms with E-state index < -0.39 is 0 Å². The zero-order chi connectivity index (χ0) is 12.4. The van der Waals surface area contributed by atoms with Crippen molar-refractivity contribution in [2.45, 2.75) is 50.4 Å². The van der Waals surface area contributed by atoms with E-state index in [0.717, 1.165) is 31.3 Å². The summed E-state index contributed by atoms with van der Waals surface area (Å²) >= 11 is 0. The molecule has 1 saturated carbocycles. The molecule has 1 heteroatoms. The fourth-order valence-corrected chi connectivity index (χ4v) is 3.29. The van der Waals surface area contributed by atoms with E-state index in [-0.39, 0.29) is 5.41 Å². The fourth-order valence-electron chi connectivity index (χ4n) is 3.29. The van der Waals surface area contributed by atoms with E-state index >= 15 is 0 Å². The first kappa shape index (κ1) is 11.7. The van der Waals surface area contributed by atoms with Crippen molar-refractivity contribution in [3.63, 3.8) is 0 Å². The molecule has 0 spiro atoms. The second-order valence-electron chi connectivity index (χ2n) is 5.61. The van der Waals surface area contributed by atoms with Crippen LogP contribution in [0.4, 0.5) is 0 Å². The van der Waals surface area contributed by atoms with Crippen LogP contribution in [0.5, 0.6) is 0 Å². The van der Waals surface area contributed by atoms with Gasteiger partial charge in [-0.2, -0.15) is 0 Å². The molecule has 1 fully saturated rings. The molecule has 2 aliphatic rings. The van der Waals surface area contributed by atoms with Gasteiger partial charge in [0.05, 0.1) is 5.41 Å². The third kappa shape index (κ3) is 1.82. The largest absolute Gasteiger partial charge is 0.294 e. The Labute approximate surface area is 109 Å². The van der Waals surface area contributed by atoms with Crippen LogP contribution in [-0.2, 0) is 10.2 Å². The van der Waals surface area contributed by atoms with E-state index in [0.29, 0.717) is 5.78 Å². The molecule has 18 heavy (non-hydrogen) atoms. The maximum atomic E-state index is 12.8. The molecule has 0 saturated heterocycles. The summed E-state index contributed by atoms with van der Waals surface area (Å²) in [6.45, 7) is 0. The molecule has 0 aliphatic heterocycles. The molecule has 3 rings (SSSR count). The summed E-state index contributed by atoms with van der Waals surface area (Å²) in [5, 5.41) is 0. The van der Waals surface area contributed by atoms with Gasteiger partial charge in [-0.1, -0.05) is 42.8 Å². The van der Waals surface area contributed by atoms with Gasteiger partial charge in [0.2, 0.25) is 0 Å². The van der Waals surface area contributed by atoms with Gasteiger partial charge in [0.1, 0.15) is 0 Å². The van der Waals surface area contributed by atoms with E-state index in [1.54, 1.807) is 0 Å². The molecule has 0 bridgehead atoms. The minimum Gasteiger partial charge on any atom is -0.294 e. The molecule has 0 atom stereocenters. The number of rotatable bonds is 3. The molecule has 0 amide bonds. The first-order valence-electron chi connectivity index (χ1n) is 7.12. The highest BCUT2D eigenvalue weighted by Gasteiger charge is 2.46. The summed E-state index contributed by atoms with van der Waals surface area (Å²) in [5.74, 6) is 0.416. The number of hydrogen-bond acceptors (Lipinski definition) is 1. The topological polar surface area (TPSA) is 17.1 Å². The summed E-state index contributed by atoms with van der Waals surface area (Å²) in [6.07, 6.45) is 9.96. The Morgan fingerprint density at radius 3 is 2.33 bits per heavy atom. The Kier molecular flexibility index (Phi) is 3.07. The monoisotopic (exact) mass is 240 g/mol. The molecular weight excluding hydrogens is 220 g/mol. The summed E-state index contributed by atoms with van der Waals surface area (Å²) < 4.78 is 0. The quantitative estimate of drug-likeness (QED) is 0.774. The maximum Gasteiger partial charge on any atom is 0.169 e. The van der Waals surface area contributed by atoms with Crippen LogP contribution >= 0.6 is 0 Å². The van der Waals surface area contributed by atoms with E-state index in [1.165, 1.54) is 24.8 Å². The Morgan fingerprint density at radius 2 is 1.78 bits per heavy atom. The number of hydrogen-bond donors (Lipinski definition) is 0. The molecule has 0 aromatic heterocycles. The third-order valence-corrected chi connectivity index (χ3v) is 4.55. The van der Waals surface area contributed by atoms with E-state index in [9.17, 15) is 4.79 Å². The van der Waals surface area contributed by atoms with Crippen LogP contribution in [0.25, 0.3) is 0 Å². The van der Waals surface area contributed by atoms with Gasteiger partial charge < -0.3 is 0 Å². The van der Waals surface area contributed by atoms with Crippen LogP contribution < -0.4 is 0 Å². The van der Waals surface area contributed by atoms with Crippen LogP contribution in [0.1, 0.15) is 50.5 Å². The lowest BCUT2D eigenvalue weighted by Crippen LogP contribution is -2.43. The standard InChI is InChI=1S/C17H20O/c18-16(14-8-3-1-4-9-14)17(12-7-13-17)15-10-5-2-6-11-15/h2,5-6,8,10-11H,1,3-4,7,9,12-13H2. The first-order chi connectivity index (χ1) is 8.83. The smallest absolute Gasteiger partial charge is 0.169 e. The lowest BCUT2D eigenvalue weighted by Gasteiger charge is -2.42. The van der Waals surface area contributed by atoms with Crippen molar-refractivity contribution in [3.8, 4) is 0 Å². The van der Waals surface area contributed by atoms with Crippen molar-refractivity contribution in [1.29, 1.82) is 0 Å². The van der Waals surface area contributed by atoms with E-state index in [2.05, 4.69) is 30.3 Å². The predicted octanol–water partition coefficient (Wildman–Crippen LogP) is 4.18. The Morgan fingerprint density at radius 1 is 1.00 bits per heavy atom. The molecule has 0 N–H and O–H groups in total. The number of carbonyl (C=O) groups excluding carboxylic acids is 1. The number of benzene rings is 1. The van der Waals surface area contributed by atoms with Crippen molar-refractivity contribution in [3.05, 3.63) is 47.5 Å². The second kappa shape index (κ2) is 4.72. The second-order valence-corrected chi connectivity index (χ2v) is 5.61. The lowest BCUT2D eigenvalue weighted by atomic mass is 9.60. The summed E-state index contributed by atoms with van der Waals surface area (Å²) in [5.41, 5.74) is 2.15. The number of ketones is 1. The zero-order valence-electron chi connectivity index (χ0n) is 10.8. The minimum absolute atomic E-state index is 0.176. The van der Waals surface area contributed by atoms with Gasteiger partial charge >= 0.3 is 0 Å². The summed E-state index contributed by atoms with van der Waals surface area (Å²) in [7, 11) is 0. The number of Topliss-reactive ketones (excluding diaryl/α,β-unsaturated/α-hetero) is 1. The van der Waals surface area contributed by atoms with Gasteiger partial charge in [-0.25, -0.2) is 0 Å². The summed E-state index contributed by atoms with van der Waals surface area (Å²) in [4.78, 5) is 12.8. The molecule has 94 valence electrons. The molecule has 2 aliphatic carbocycles. The van der Waals surface area contributed by atoms with E-state index in [4.69, 9.17) is 0 Å². The van der Waals surface area contributed by atoms with Gasteiger partial charge in [0.25, 0.3) is 0 Å². The molecule has 1 nitrogen and oxygen atoms in total. The molecule has 1 aromatic rings. The molecule has 0 unspecified atom stereocenters. The van der Waals surface area contributed by atoms with Crippen LogP contribution in [-0.4, -0.2) is 5.78 Å². The van der Waals surface area contributed by atoms with Crippen molar-refractivity contribution in [2.75, 3.05) is 0 Å². The van der Waals surface area contributed by atoms with E-state index in [1.807, 2.05) is 6.07 Å². The van der Waals surface area contributed by atoms with Crippen molar-refractivity contribution in [1.82, 2.24) is 0 Å². The van der Waals surface area contributed by atoms with Crippen LogP contribution in [0, 0.1) is 0 Å². The van der Waals surface area contributed by atoms with Crippen molar-refractivity contribution in [2.24, 2.45) is 0 Å². The molecular formula is C17H20O. The third-order valence-electron chi connectivity index (χ3n) is 4.55. The Hall–Kier alpha value is -1.37. The molecule has 1 aromatic carbocycles. The van der Waals surface area contributed by atoms with Crippen molar-refractivity contribution < 1.29 is 4.79 Å². The van der Waals surface area contributed by atoms with Gasteiger partial charge in [0, 0.05) is 0 Å². The van der Waals surface area contributed by atoms with Crippen molar-refractivity contribution >= 4 is 5.78 Å². The Bertz CT molecular complexity index is 466. The average Bonchev–Trinajstić information content (AvgIpc) is 2.40. The van der Waals surface area contributed by atoms with Crippen LogP contribution in [0.2, 0.25) is 0 Å².